The first-order valence-electron chi connectivity index (χ1n) is 16.5. The molecule has 4 aromatic rings. The van der Waals surface area contributed by atoms with Crippen molar-refractivity contribution in [2.45, 2.75) is 68.5 Å². The number of hydrogen-bond donors (Lipinski definition) is 2. The smallest absolute Gasteiger partial charge is 0.319 e. The molecule has 4 saturated heterocycles. The van der Waals surface area contributed by atoms with Crippen LogP contribution in [-0.4, -0.2) is 80.8 Å². The number of benzene rings is 2. The highest BCUT2D eigenvalue weighted by Crippen LogP contribution is 2.69. The second kappa shape index (κ2) is 9.92. The Labute approximate surface area is 274 Å². The van der Waals surface area contributed by atoms with Gasteiger partial charge in [-0.2, -0.15) is 9.97 Å². The first-order valence-corrected chi connectivity index (χ1v) is 16.5. The molecule has 0 amide bonds. The average molecular weight is 659 g/mol. The molecule has 2 N–H and O–H groups in total. The van der Waals surface area contributed by atoms with E-state index >= 15 is 4.39 Å². The number of fused-ring (bicyclic) bond motifs is 5. The van der Waals surface area contributed by atoms with Gasteiger partial charge in [-0.25, -0.2) is 17.6 Å². The molecule has 1 spiro atoms. The number of nitrogens with zero attached hydrogens (tertiary/aromatic N) is 5. The molecule has 5 fully saturated rings. The number of terminal acetylenes is 1. The maximum Gasteiger partial charge on any atom is 0.319 e. The quantitative estimate of drug-likeness (QED) is 0.206. The standard InChI is InChI=1S/C36H34F4N6O2/c1-3-21-25(37)7-5-22-26(47)8-6-23(27(21)22)29-28(38)30-24(13-41-29)31(45-14-20-9-11-33(2,17-45)44-20)43-32(42-30)48-19-35-10-4-12-46(35)18-34(15-35)16-36(34,39)40/h1,5-8,13,20,44,47H,4,9-12,14-19H2,2H3/t20?,33?,34-,35-/m0/s1. The predicted octanol–water partition coefficient (Wildman–Crippen LogP) is 5.78. The number of aromatic hydroxyl groups is 1. The summed E-state index contributed by atoms with van der Waals surface area (Å²) in [5.74, 6) is -1.43. The molecule has 4 atom stereocenters. The number of pyridine rings is 1. The summed E-state index contributed by atoms with van der Waals surface area (Å²) in [5.41, 5.74) is -1.77. The predicted molar refractivity (Wildman–Crippen MR) is 172 cm³/mol. The molecule has 1 aliphatic carbocycles. The number of nitrogens with one attached hydrogen (secondary N) is 1. The van der Waals surface area contributed by atoms with Crippen molar-refractivity contribution in [2.24, 2.45) is 5.41 Å². The Morgan fingerprint density at radius 1 is 1.10 bits per heavy atom. The van der Waals surface area contributed by atoms with Crippen LogP contribution in [-0.2, 0) is 0 Å². The monoisotopic (exact) mass is 658 g/mol. The van der Waals surface area contributed by atoms with E-state index in [4.69, 9.17) is 16.1 Å². The minimum absolute atomic E-state index is 0.0340. The number of aromatic nitrogens is 3. The number of anilines is 1. The van der Waals surface area contributed by atoms with Gasteiger partial charge in [0.05, 0.1) is 21.9 Å². The minimum atomic E-state index is -2.66. The summed E-state index contributed by atoms with van der Waals surface area (Å²) in [4.78, 5) is 18.2. The van der Waals surface area contributed by atoms with Gasteiger partial charge in [0, 0.05) is 60.2 Å². The summed E-state index contributed by atoms with van der Waals surface area (Å²) in [6.45, 7) is 4.63. The Morgan fingerprint density at radius 2 is 1.94 bits per heavy atom. The van der Waals surface area contributed by atoms with E-state index in [1.54, 1.807) is 0 Å². The van der Waals surface area contributed by atoms with E-state index < -0.39 is 28.5 Å². The van der Waals surface area contributed by atoms with Crippen LogP contribution in [0.15, 0.2) is 30.5 Å². The topological polar surface area (TPSA) is 86.6 Å². The maximum atomic E-state index is 16.9. The van der Waals surface area contributed by atoms with Gasteiger partial charge in [0.15, 0.2) is 5.82 Å². The molecule has 2 unspecified atom stereocenters. The van der Waals surface area contributed by atoms with E-state index in [1.807, 2.05) is 0 Å². The molecular weight excluding hydrogens is 624 g/mol. The summed E-state index contributed by atoms with van der Waals surface area (Å²) in [6.07, 6.45) is 11.0. The second-order valence-corrected chi connectivity index (χ2v) is 14.8. The van der Waals surface area contributed by atoms with Crippen molar-refractivity contribution >= 4 is 27.5 Å². The lowest BCUT2D eigenvalue weighted by Gasteiger charge is -2.40. The molecule has 1 saturated carbocycles. The van der Waals surface area contributed by atoms with E-state index in [0.29, 0.717) is 37.3 Å². The van der Waals surface area contributed by atoms with Gasteiger partial charge in [0.25, 0.3) is 5.92 Å². The van der Waals surface area contributed by atoms with Crippen LogP contribution in [0.3, 0.4) is 0 Å². The minimum Gasteiger partial charge on any atom is -0.507 e. The van der Waals surface area contributed by atoms with E-state index in [-0.39, 0.29) is 69.5 Å². The Morgan fingerprint density at radius 3 is 2.71 bits per heavy atom. The number of piperazine rings is 1. The van der Waals surface area contributed by atoms with Crippen LogP contribution in [0.4, 0.5) is 23.4 Å². The van der Waals surface area contributed by atoms with Gasteiger partial charge >= 0.3 is 6.01 Å². The summed E-state index contributed by atoms with van der Waals surface area (Å²) in [6, 6.07) is 5.60. The molecule has 5 aliphatic rings. The number of phenols is 1. The van der Waals surface area contributed by atoms with Crippen molar-refractivity contribution in [3.63, 3.8) is 0 Å². The fourth-order valence-electron chi connectivity index (χ4n) is 9.21. The first kappa shape index (κ1) is 29.9. The van der Waals surface area contributed by atoms with E-state index in [2.05, 4.69) is 37.9 Å². The number of phenolic OH excluding ortho intramolecular Hbond substituents is 1. The summed E-state index contributed by atoms with van der Waals surface area (Å²) in [7, 11) is 0. The molecule has 248 valence electrons. The summed E-state index contributed by atoms with van der Waals surface area (Å²) >= 11 is 0. The molecule has 0 radical (unpaired) electrons. The Balaban J connectivity index is 1.17. The molecular formula is C36H34F4N6O2. The highest BCUT2D eigenvalue weighted by Gasteiger charge is 2.77. The van der Waals surface area contributed by atoms with Gasteiger partial charge in [-0.3, -0.25) is 9.88 Å². The average Bonchev–Trinajstić information content (AvgIpc) is 3.33. The van der Waals surface area contributed by atoms with Crippen LogP contribution in [0.25, 0.3) is 32.9 Å². The van der Waals surface area contributed by atoms with Gasteiger partial charge < -0.3 is 20.1 Å². The molecule has 48 heavy (non-hydrogen) atoms. The van der Waals surface area contributed by atoms with Crippen LogP contribution < -0.4 is 15.0 Å². The fourth-order valence-corrected chi connectivity index (χ4v) is 9.21. The number of rotatable bonds is 5. The lowest BCUT2D eigenvalue weighted by molar-refractivity contribution is 0.0647. The number of alkyl halides is 2. The largest absolute Gasteiger partial charge is 0.507 e. The zero-order valence-corrected chi connectivity index (χ0v) is 26.4. The van der Waals surface area contributed by atoms with Gasteiger partial charge in [0.1, 0.15) is 35.2 Å². The van der Waals surface area contributed by atoms with Crippen LogP contribution >= 0.6 is 0 Å². The Kier molecular flexibility index (Phi) is 6.18. The van der Waals surface area contributed by atoms with Crippen LogP contribution in [0.2, 0.25) is 0 Å². The van der Waals surface area contributed by atoms with Crippen molar-refractivity contribution < 1.29 is 27.4 Å². The van der Waals surface area contributed by atoms with Crippen molar-refractivity contribution in [1.29, 1.82) is 0 Å². The Hall–Kier alpha value is -4.21. The summed E-state index contributed by atoms with van der Waals surface area (Å²) in [5, 5.41) is 15.0. The van der Waals surface area contributed by atoms with Crippen molar-refractivity contribution in [2.75, 3.05) is 37.7 Å². The number of halogens is 4. The van der Waals surface area contributed by atoms with Crippen LogP contribution in [0.5, 0.6) is 11.8 Å². The molecule has 9 rings (SSSR count). The van der Waals surface area contributed by atoms with Crippen LogP contribution in [0.1, 0.15) is 51.0 Å². The van der Waals surface area contributed by atoms with E-state index in [1.165, 1.54) is 24.4 Å². The van der Waals surface area contributed by atoms with E-state index in [0.717, 1.165) is 38.3 Å². The zero-order valence-electron chi connectivity index (χ0n) is 26.4. The molecule has 2 aromatic carbocycles. The maximum absolute atomic E-state index is 16.9. The second-order valence-electron chi connectivity index (χ2n) is 14.8. The molecule has 12 heteroatoms. The van der Waals surface area contributed by atoms with Gasteiger partial charge in [0.2, 0.25) is 0 Å². The van der Waals surface area contributed by atoms with Gasteiger partial charge in [-0.1, -0.05) is 5.92 Å². The lowest BCUT2D eigenvalue weighted by Crippen LogP contribution is -2.58. The van der Waals surface area contributed by atoms with E-state index in [9.17, 15) is 18.3 Å². The van der Waals surface area contributed by atoms with Gasteiger partial charge in [-0.05, 0) is 69.8 Å². The SMILES string of the molecule is C#Cc1c(F)ccc2c(O)ccc(-c3ncc4c(N5CC6CCC(C)(C5)N6)nc(OC[C@@]56CCCN5C[C@@]5(CC5(F)F)C6)nc4c3F)c12. The van der Waals surface area contributed by atoms with Crippen molar-refractivity contribution in [3.8, 4) is 35.4 Å². The first-order chi connectivity index (χ1) is 22.9. The summed E-state index contributed by atoms with van der Waals surface area (Å²) < 4.78 is 67.1. The van der Waals surface area contributed by atoms with Crippen molar-refractivity contribution in [1.82, 2.24) is 25.2 Å². The normalized spacial score (nSPS) is 30.3. The fraction of sp³-hybridized carbons (Fsp3) is 0.472. The Bertz CT molecular complexity index is 2090. The molecule has 2 bridgehead atoms. The third kappa shape index (κ3) is 4.26. The molecule has 6 heterocycles. The highest BCUT2D eigenvalue weighted by atomic mass is 19.3. The number of ether oxygens (including phenoxy) is 1. The van der Waals surface area contributed by atoms with Crippen LogP contribution in [0, 0.1) is 29.4 Å². The third-order valence-corrected chi connectivity index (χ3v) is 11.6. The molecule has 2 aromatic heterocycles. The number of hydrogen-bond acceptors (Lipinski definition) is 8. The zero-order chi connectivity index (χ0) is 33.2. The molecule has 8 nitrogen and oxygen atoms in total. The van der Waals surface area contributed by atoms with Gasteiger partial charge in [-0.15, -0.1) is 6.42 Å². The highest BCUT2D eigenvalue weighted by molar-refractivity contribution is 6.04. The lowest BCUT2D eigenvalue weighted by atomic mass is 9.89. The van der Waals surface area contributed by atoms with Crippen molar-refractivity contribution in [3.05, 3.63) is 47.7 Å². The third-order valence-electron chi connectivity index (χ3n) is 11.6. The molecule has 4 aliphatic heterocycles.